The van der Waals surface area contributed by atoms with Gasteiger partial charge in [0.25, 0.3) is 5.91 Å². The second kappa shape index (κ2) is 6.63. The summed E-state index contributed by atoms with van der Waals surface area (Å²) in [6.45, 7) is 1.05. The van der Waals surface area contributed by atoms with Gasteiger partial charge in [-0.2, -0.15) is 0 Å². The molecule has 0 radical (unpaired) electrons. The number of para-hydroxylation sites is 1. The molecule has 0 aliphatic carbocycles. The summed E-state index contributed by atoms with van der Waals surface area (Å²) >= 11 is 12.1. The van der Waals surface area contributed by atoms with E-state index in [4.69, 9.17) is 23.2 Å². The Morgan fingerprint density at radius 3 is 2.42 bits per heavy atom. The van der Waals surface area contributed by atoms with Gasteiger partial charge < -0.3 is 14.9 Å². The number of rotatable bonds is 2. The first-order valence-electron chi connectivity index (χ1n) is 8.46. The maximum absolute atomic E-state index is 13.2. The highest BCUT2D eigenvalue weighted by molar-refractivity contribution is 6.34. The van der Waals surface area contributed by atoms with E-state index in [0.29, 0.717) is 29.4 Å². The topological polar surface area (TPSA) is 43.8 Å². The fourth-order valence-corrected chi connectivity index (χ4v) is 4.43. The molecule has 2 aromatic carbocycles. The molecule has 2 aromatic rings. The van der Waals surface area contributed by atoms with Crippen LogP contribution in [0.15, 0.2) is 36.4 Å². The van der Waals surface area contributed by atoms with Crippen LogP contribution in [0.1, 0.15) is 23.2 Å². The normalized spacial score (nSPS) is 22.0. The number of aromatic hydroxyl groups is 1. The van der Waals surface area contributed by atoms with Crippen molar-refractivity contribution in [3.8, 4) is 5.75 Å². The smallest absolute Gasteiger partial charge is 0.255 e. The van der Waals surface area contributed by atoms with Gasteiger partial charge in [-0.1, -0.05) is 29.3 Å². The zero-order valence-corrected chi connectivity index (χ0v) is 15.3. The molecule has 136 valence electrons. The molecule has 4 rings (SSSR count). The molecule has 26 heavy (non-hydrogen) atoms. The zero-order chi connectivity index (χ0) is 18.4. The maximum Gasteiger partial charge on any atom is 0.255 e. The fourth-order valence-electron chi connectivity index (χ4n) is 4.01. The molecule has 7 heteroatoms. The number of phenols is 1. The lowest BCUT2D eigenvalue weighted by molar-refractivity contribution is 0.0718. The van der Waals surface area contributed by atoms with Crippen LogP contribution in [0.3, 0.4) is 0 Å². The van der Waals surface area contributed by atoms with Crippen molar-refractivity contribution in [1.82, 2.24) is 4.90 Å². The predicted molar refractivity (Wildman–Crippen MR) is 99.7 cm³/mol. The van der Waals surface area contributed by atoms with E-state index >= 15 is 0 Å². The quantitative estimate of drug-likeness (QED) is 0.823. The van der Waals surface area contributed by atoms with E-state index in [9.17, 15) is 14.3 Å². The SMILES string of the molecule is O=C(c1ccc(F)cc1Cl)N1CC2CCC(C1)N2c1cccc(Cl)c1O. The van der Waals surface area contributed by atoms with E-state index in [1.807, 2.05) is 12.1 Å². The lowest BCUT2D eigenvalue weighted by atomic mass is 10.1. The van der Waals surface area contributed by atoms with Gasteiger partial charge in [-0.05, 0) is 43.2 Å². The molecule has 2 aliphatic heterocycles. The number of amides is 1. The minimum Gasteiger partial charge on any atom is -0.504 e. The van der Waals surface area contributed by atoms with E-state index in [2.05, 4.69) is 4.90 Å². The van der Waals surface area contributed by atoms with Gasteiger partial charge in [0.05, 0.1) is 21.3 Å². The molecule has 0 spiro atoms. The highest BCUT2D eigenvalue weighted by Crippen LogP contribution is 2.42. The lowest BCUT2D eigenvalue weighted by Gasteiger charge is -2.42. The summed E-state index contributed by atoms with van der Waals surface area (Å²) < 4.78 is 13.2. The third kappa shape index (κ3) is 2.89. The molecule has 2 unspecified atom stereocenters. The van der Waals surface area contributed by atoms with Crippen LogP contribution in [0.4, 0.5) is 10.1 Å². The van der Waals surface area contributed by atoms with Crippen molar-refractivity contribution in [2.24, 2.45) is 0 Å². The van der Waals surface area contributed by atoms with E-state index in [0.717, 1.165) is 18.9 Å². The van der Waals surface area contributed by atoms with Crippen molar-refractivity contribution in [2.75, 3.05) is 18.0 Å². The van der Waals surface area contributed by atoms with E-state index in [1.54, 1.807) is 11.0 Å². The number of carbonyl (C=O) groups excluding carboxylic acids is 1. The Morgan fingerprint density at radius 1 is 1.08 bits per heavy atom. The molecule has 2 aliphatic rings. The summed E-state index contributed by atoms with van der Waals surface area (Å²) in [5, 5.41) is 10.8. The van der Waals surface area contributed by atoms with Crippen LogP contribution < -0.4 is 4.90 Å². The monoisotopic (exact) mass is 394 g/mol. The van der Waals surface area contributed by atoms with Crippen molar-refractivity contribution in [1.29, 1.82) is 0 Å². The molecule has 4 nitrogen and oxygen atoms in total. The van der Waals surface area contributed by atoms with Crippen LogP contribution in [0, 0.1) is 5.82 Å². The van der Waals surface area contributed by atoms with Crippen molar-refractivity contribution in [2.45, 2.75) is 24.9 Å². The molecular weight excluding hydrogens is 378 g/mol. The van der Waals surface area contributed by atoms with Gasteiger partial charge in [0, 0.05) is 25.2 Å². The van der Waals surface area contributed by atoms with Crippen LogP contribution >= 0.6 is 23.2 Å². The fraction of sp³-hybridized carbons (Fsp3) is 0.316. The van der Waals surface area contributed by atoms with Crippen LogP contribution in [0.25, 0.3) is 0 Å². The highest BCUT2D eigenvalue weighted by Gasteiger charge is 2.42. The van der Waals surface area contributed by atoms with Crippen molar-refractivity contribution < 1.29 is 14.3 Å². The Balaban J connectivity index is 1.58. The maximum atomic E-state index is 13.2. The number of halogens is 3. The molecule has 1 N–H and O–H groups in total. The van der Waals surface area contributed by atoms with Crippen molar-refractivity contribution >= 4 is 34.8 Å². The summed E-state index contributed by atoms with van der Waals surface area (Å²) in [4.78, 5) is 16.8. The first kappa shape index (κ1) is 17.4. The average Bonchev–Trinajstić information content (AvgIpc) is 2.86. The number of hydrogen-bond acceptors (Lipinski definition) is 3. The predicted octanol–water partition coefficient (Wildman–Crippen LogP) is 4.33. The molecule has 2 atom stereocenters. The number of anilines is 1. The van der Waals surface area contributed by atoms with E-state index < -0.39 is 5.82 Å². The molecule has 2 saturated heterocycles. The molecule has 2 bridgehead atoms. The van der Waals surface area contributed by atoms with Gasteiger partial charge in [-0.25, -0.2) is 4.39 Å². The molecule has 1 amide bonds. The van der Waals surface area contributed by atoms with Crippen LogP contribution in [0.2, 0.25) is 10.0 Å². The van der Waals surface area contributed by atoms with Crippen molar-refractivity contribution in [3.63, 3.8) is 0 Å². The molecule has 2 fully saturated rings. The molecule has 2 heterocycles. The number of carbonyl (C=O) groups is 1. The minimum atomic E-state index is -0.465. The van der Waals surface area contributed by atoms with Gasteiger partial charge in [0.1, 0.15) is 5.82 Å². The summed E-state index contributed by atoms with van der Waals surface area (Å²) in [5.74, 6) is -0.581. The van der Waals surface area contributed by atoms with Gasteiger partial charge in [-0.15, -0.1) is 0 Å². The first-order chi connectivity index (χ1) is 12.5. The third-order valence-electron chi connectivity index (χ3n) is 5.17. The van der Waals surface area contributed by atoms with E-state index in [1.165, 1.54) is 12.1 Å². The Kier molecular flexibility index (Phi) is 4.45. The Labute approximate surface area is 160 Å². The second-order valence-electron chi connectivity index (χ2n) is 6.73. The van der Waals surface area contributed by atoms with Crippen LogP contribution in [-0.4, -0.2) is 41.1 Å². The van der Waals surface area contributed by atoms with Crippen molar-refractivity contribution in [3.05, 3.63) is 57.8 Å². The van der Waals surface area contributed by atoms with Gasteiger partial charge in [0.2, 0.25) is 0 Å². The largest absolute Gasteiger partial charge is 0.504 e. The Bertz CT molecular complexity index is 863. The first-order valence-corrected chi connectivity index (χ1v) is 9.21. The third-order valence-corrected chi connectivity index (χ3v) is 5.79. The van der Waals surface area contributed by atoms with E-state index in [-0.39, 0.29) is 28.8 Å². The zero-order valence-electron chi connectivity index (χ0n) is 13.8. The number of benzene rings is 2. The number of likely N-dealkylation sites (tertiary alicyclic amines) is 1. The van der Waals surface area contributed by atoms with Gasteiger partial charge in [-0.3, -0.25) is 4.79 Å². The summed E-state index contributed by atoms with van der Waals surface area (Å²) in [6.07, 6.45) is 1.86. The second-order valence-corrected chi connectivity index (χ2v) is 7.55. The standard InChI is InChI=1S/C19H17Cl2FN2O2/c20-15-2-1-3-17(18(15)25)24-12-5-6-13(24)10-23(9-12)19(26)14-7-4-11(22)8-16(14)21/h1-4,7-8,12-13,25H,5-6,9-10H2. The van der Waals surface area contributed by atoms with Gasteiger partial charge >= 0.3 is 0 Å². The molecular formula is C19H17Cl2FN2O2. The Morgan fingerprint density at radius 2 is 1.77 bits per heavy atom. The lowest BCUT2D eigenvalue weighted by Crippen LogP contribution is -2.55. The summed E-state index contributed by atoms with van der Waals surface area (Å²) in [5.41, 5.74) is 1.02. The highest BCUT2D eigenvalue weighted by atomic mass is 35.5. The Hall–Kier alpha value is -1.98. The number of nitrogens with zero attached hydrogens (tertiary/aromatic N) is 2. The summed E-state index contributed by atoms with van der Waals surface area (Å²) in [6, 6.07) is 9.34. The molecule has 0 saturated carbocycles. The van der Waals surface area contributed by atoms with Crippen LogP contribution in [0.5, 0.6) is 5.75 Å². The molecule has 0 aromatic heterocycles. The van der Waals surface area contributed by atoms with Crippen LogP contribution in [-0.2, 0) is 0 Å². The number of hydrogen-bond donors (Lipinski definition) is 1. The summed E-state index contributed by atoms with van der Waals surface area (Å²) in [7, 11) is 0. The number of piperazine rings is 1. The number of phenolic OH excluding ortho intramolecular Hbond substituents is 1. The van der Waals surface area contributed by atoms with Gasteiger partial charge in [0.15, 0.2) is 5.75 Å². The minimum absolute atomic E-state index is 0.0763. The average molecular weight is 395 g/mol. The number of fused-ring (bicyclic) bond motifs is 2.